The normalized spacial score (nSPS) is 20.3. The fraction of sp³-hybridized carbons (Fsp3) is 0.130. The molecule has 2 aromatic rings. The second kappa shape index (κ2) is 6.38. The third-order valence-electron chi connectivity index (χ3n) is 5.64. The predicted molar refractivity (Wildman–Crippen MR) is 106 cm³/mol. The summed E-state index contributed by atoms with van der Waals surface area (Å²) < 4.78 is 0. The van der Waals surface area contributed by atoms with Crippen molar-refractivity contribution in [3.05, 3.63) is 83.5 Å². The van der Waals surface area contributed by atoms with Crippen LogP contribution in [0.5, 0.6) is 0 Å². The largest absolute Gasteiger partial charge is 0.269 e. The van der Waals surface area contributed by atoms with Crippen molar-refractivity contribution in [1.82, 2.24) is 0 Å². The molecule has 1 atom stereocenters. The van der Waals surface area contributed by atoms with Gasteiger partial charge >= 0.3 is 0 Å². The Balaban J connectivity index is 1.73. The summed E-state index contributed by atoms with van der Waals surface area (Å²) in [6.07, 6.45) is 6.49. The molecule has 0 saturated carbocycles. The molecule has 29 heavy (non-hydrogen) atoms. The van der Waals surface area contributed by atoms with Crippen molar-refractivity contribution in [3.8, 4) is 0 Å². The second-order valence-corrected chi connectivity index (χ2v) is 7.20. The molecule has 2 aromatic carbocycles. The number of aryl methyl sites for hydroxylation is 1. The van der Waals surface area contributed by atoms with Crippen LogP contribution in [0, 0.1) is 0 Å². The molecule has 0 spiro atoms. The first kappa shape index (κ1) is 17.3. The van der Waals surface area contributed by atoms with Gasteiger partial charge in [-0.15, -0.1) is 0 Å². The van der Waals surface area contributed by atoms with Crippen molar-refractivity contribution < 1.29 is 19.2 Å². The quantitative estimate of drug-likeness (QED) is 0.763. The van der Waals surface area contributed by atoms with Crippen molar-refractivity contribution >= 4 is 35.0 Å². The number of hydrogen-bond acceptors (Lipinski definition) is 4. The summed E-state index contributed by atoms with van der Waals surface area (Å²) in [6.45, 7) is 0. The molecule has 2 heterocycles. The Morgan fingerprint density at radius 3 is 1.93 bits per heavy atom. The molecule has 2 aliphatic heterocycles. The number of benzene rings is 2. The molecule has 5 rings (SSSR count). The number of nitrogens with zero attached hydrogens (tertiary/aromatic N) is 2. The molecule has 0 saturated heterocycles. The van der Waals surface area contributed by atoms with Crippen LogP contribution in [-0.4, -0.2) is 23.6 Å². The van der Waals surface area contributed by atoms with Crippen LogP contribution >= 0.6 is 0 Å². The van der Waals surface area contributed by atoms with E-state index in [0.717, 1.165) is 33.8 Å². The highest BCUT2D eigenvalue weighted by Crippen LogP contribution is 2.46. The summed E-state index contributed by atoms with van der Waals surface area (Å²) in [5.74, 6) is -1.99. The molecule has 6 heteroatoms. The highest BCUT2D eigenvalue weighted by atomic mass is 16.2. The molecule has 1 aliphatic carbocycles. The lowest BCUT2D eigenvalue weighted by Crippen LogP contribution is -2.36. The zero-order valence-corrected chi connectivity index (χ0v) is 15.4. The molecule has 0 aromatic heterocycles. The van der Waals surface area contributed by atoms with Gasteiger partial charge in [-0.2, -0.15) is 0 Å². The van der Waals surface area contributed by atoms with Gasteiger partial charge in [0.1, 0.15) is 0 Å². The van der Waals surface area contributed by atoms with Gasteiger partial charge in [0, 0.05) is 30.2 Å². The van der Waals surface area contributed by atoms with Crippen LogP contribution in [-0.2, 0) is 25.6 Å². The van der Waals surface area contributed by atoms with E-state index >= 15 is 0 Å². The van der Waals surface area contributed by atoms with Crippen molar-refractivity contribution in [3.63, 3.8) is 0 Å². The molecule has 4 amide bonds. The van der Waals surface area contributed by atoms with Gasteiger partial charge in [-0.1, -0.05) is 36.4 Å². The summed E-state index contributed by atoms with van der Waals surface area (Å²) in [5.41, 5.74) is 3.67. The van der Waals surface area contributed by atoms with Crippen LogP contribution in [0.4, 0.5) is 11.4 Å². The van der Waals surface area contributed by atoms with E-state index in [-0.39, 0.29) is 11.6 Å². The van der Waals surface area contributed by atoms with Crippen molar-refractivity contribution in [2.75, 3.05) is 9.80 Å². The number of amides is 4. The Bertz CT molecular complexity index is 1130. The Kier molecular flexibility index (Phi) is 3.81. The van der Waals surface area contributed by atoms with Gasteiger partial charge in [-0.25, -0.2) is 9.80 Å². The van der Waals surface area contributed by atoms with Gasteiger partial charge in [0.25, 0.3) is 23.6 Å². The van der Waals surface area contributed by atoms with E-state index < -0.39 is 23.6 Å². The second-order valence-electron chi connectivity index (χ2n) is 7.20. The Morgan fingerprint density at radius 2 is 1.24 bits per heavy atom. The number of carbonyl (C=O) groups is 4. The fourth-order valence-electron chi connectivity index (χ4n) is 4.39. The maximum atomic E-state index is 12.5. The lowest BCUT2D eigenvalue weighted by Gasteiger charge is -2.28. The maximum absolute atomic E-state index is 12.5. The van der Waals surface area contributed by atoms with Crippen LogP contribution in [0.15, 0.2) is 66.8 Å². The lowest BCUT2D eigenvalue weighted by molar-refractivity contribution is -0.122. The molecule has 0 bridgehead atoms. The summed E-state index contributed by atoms with van der Waals surface area (Å²) >= 11 is 0. The van der Waals surface area contributed by atoms with Gasteiger partial charge in [0.05, 0.1) is 11.4 Å². The monoisotopic (exact) mass is 384 g/mol. The predicted octanol–water partition coefficient (Wildman–Crippen LogP) is 2.62. The first-order valence-corrected chi connectivity index (χ1v) is 9.39. The van der Waals surface area contributed by atoms with E-state index in [9.17, 15) is 19.2 Å². The zero-order valence-electron chi connectivity index (χ0n) is 15.4. The van der Waals surface area contributed by atoms with Crippen molar-refractivity contribution in [2.45, 2.75) is 18.8 Å². The van der Waals surface area contributed by atoms with E-state index in [4.69, 9.17) is 0 Å². The maximum Gasteiger partial charge on any atom is 0.258 e. The number of anilines is 2. The van der Waals surface area contributed by atoms with Crippen LogP contribution in [0.1, 0.15) is 29.0 Å². The minimum atomic E-state index is -0.493. The van der Waals surface area contributed by atoms with Gasteiger partial charge in [0.15, 0.2) is 0 Å². The highest BCUT2D eigenvalue weighted by Gasteiger charge is 2.37. The van der Waals surface area contributed by atoms with Gasteiger partial charge in [-0.3, -0.25) is 19.2 Å². The first-order valence-electron chi connectivity index (χ1n) is 9.39. The minimum Gasteiger partial charge on any atom is -0.269 e. The van der Waals surface area contributed by atoms with E-state index in [1.165, 1.54) is 29.9 Å². The third kappa shape index (κ3) is 2.56. The first-order chi connectivity index (χ1) is 14.1. The number of hydrogen-bond donors (Lipinski definition) is 0. The Hall–Kier alpha value is -3.80. The number of para-hydroxylation sites is 1. The summed E-state index contributed by atoms with van der Waals surface area (Å²) in [6, 6.07) is 13.3. The molecule has 1 unspecified atom stereocenters. The summed E-state index contributed by atoms with van der Waals surface area (Å²) in [5, 5.41) is 0. The molecule has 142 valence electrons. The van der Waals surface area contributed by atoms with E-state index in [0.29, 0.717) is 5.69 Å². The average Bonchev–Trinajstić information content (AvgIpc) is 3.39. The SMILES string of the molecule is O=C1C=CC(=O)N1c1cccc(C2CCc3ccccc32)c1N1C(=O)C=CC1=O. The molecular weight excluding hydrogens is 368 g/mol. The number of imide groups is 2. The fourth-order valence-corrected chi connectivity index (χ4v) is 4.39. The number of carbonyl (C=O) groups excluding carboxylic acids is 4. The standard InChI is InChI=1S/C23H16N2O4/c26-19-10-11-20(27)24(19)18-7-3-6-17(23(18)25-21(28)12-13-22(25)29)16-9-8-14-4-1-2-5-15(14)16/h1-7,10-13,16H,8-9H2. The molecular formula is C23H16N2O4. The summed E-state index contributed by atoms with van der Waals surface area (Å²) in [4.78, 5) is 51.9. The topological polar surface area (TPSA) is 74.8 Å². The lowest BCUT2D eigenvalue weighted by atomic mass is 9.90. The van der Waals surface area contributed by atoms with Crippen LogP contribution in [0.2, 0.25) is 0 Å². The van der Waals surface area contributed by atoms with Gasteiger partial charge in [-0.05, 0) is 35.6 Å². The van der Waals surface area contributed by atoms with E-state index in [1.54, 1.807) is 12.1 Å². The molecule has 0 N–H and O–H groups in total. The van der Waals surface area contributed by atoms with Gasteiger partial charge < -0.3 is 0 Å². The van der Waals surface area contributed by atoms with E-state index in [1.807, 2.05) is 24.3 Å². The third-order valence-corrected chi connectivity index (χ3v) is 5.64. The molecule has 0 radical (unpaired) electrons. The van der Waals surface area contributed by atoms with Crippen molar-refractivity contribution in [1.29, 1.82) is 0 Å². The van der Waals surface area contributed by atoms with Crippen LogP contribution in [0.3, 0.4) is 0 Å². The Labute approximate surface area is 166 Å². The number of rotatable bonds is 3. The van der Waals surface area contributed by atoms with Crippen LogP contribution in [0.25, 0.3) is 0 Å². The van der Waals surface area contributed by atoms with E-state index in [2.05, 4.69) is 6.07 Å². The highest BCUT2D eigenvalue weighted by molar-refractivity contribution is 6.33. The van der Waals surface area contributed by atoms with Gasteiger partial charge in [0.2, 0.25) is 0 Å². The smallest absolute Gasteiger partial charge is 0.258 e. The molecule has 3 aliphatic rings. The zero-order chi connectivity index (χ0) is 20.1. The minimum absolute atomic E-state index is 0.0388. The van der Waals surface area contributed by atoms with Crippen LogP contribution < -0.4 is 9.80 Å². The van der Waals surface area contributed by atoms with Crippen molar-refractivity contribution in [2.24, 2.45) is 0 Å². The average molecular weight is 384 g/mol. The Morgan fingerprint density at radius 1 is 0.655 bits per heavy atom. The molecule has 0 fully saturated rings. The summed E-state index contributed by atoms with van der Waals surface area (Å²) in [7, 11) is 0. The molecule has 6 nitrogen and oxygen atoms in total. The number of fused-ring (bicyclic) bond motifs is 1.